The molecule has 0 bridgehead atoms. The van der Waals surface area contributed by atoms with E-state index in [0.717, 1.165) is 6.42 Å². The van der Waals surface area contributed by atoms with Crippen molar-refractivity contribution in [3.63, 3.8) is 0 Å². The molecule has 1 rings (SSSR count). The van der Waals surface area contributed by atoms with Gasteiger partial charge in [0, 0.05) is 10.6 Å². The van der Waals surface area contributed by atoms with Crippen molar-refractivity contribution in [2.24, 2.45) is 5.73 Å². The number of benzene rings is 1. The monoisotopic (exact) mass is 284 g/mol. The normalized spacial score (nSPS) is 13.6. The van der Waals surface area contributed by atoms with E-state index < -0.39 is 24.0 Å². The molecule has 6 heteroatoms. The highest BCUT2D eigenvalue weighted by molar-refractivity contribution is 6.31. The van der Waals surface area contributed by atoms with E-state index in [1.807, 2.05) is 6.92 Å². The van der Waals surface area contributed by atoms with Gasteiger partial charge in [0.05, 0.1) is 6.04 Å². The molecule has 0 aromatic heterocycles. The van der Waals surface area contributed by atoms with Crippen LogP contribution in [0.5, 0.6) is 0 Å². The van der Waals surface area contributed by atoms with Gasteiger partial charge in [0.15, 0.2) is 6.04 Å². The van der Waals surface area contributed by atoms with Crippen LogP contribution < -0.4 is 11.1 Å². The minimum Gasteiger partial charge on any atom is -0.479 e. The SMILES string of the molecule is CCCC(N)C(=O)N[C@@H](C(=O)O)c1ccccc1Cl. The molecular formula is C13H17ClN2O3. The summed E-state index contributed by atoms with van der Waals surface area (Å²) in [6, 6.07) is 4.58. The first kappa shape index (κ1) is 15.5. The van der Waals surface area contributed by atoms with Crippen LogP contribution >= 0.6 is 11.6 Å². The van der Waals surface area contributed by atoms with Gasteiger partial charge in [0.2, 0.25) is 5.91 Å². The first-order valence-corrected chi connectivity index (χ1v) is 6.38. The molecule has 0 aliphatic rings. The number of hydrogen-bond donors (Lipinski definition) is 3. The number of carboxylic acids is 1. The molecule has 0 aliphatic heterocycles. The molecule has 5 nitrogen and oxygen atoms in total. The van der Waals surface area contributed by atoms with Crippen molar-refractivity contribution < 1.29 is 14.7 Å². The number of hydrogen-bond acceptors (Lipinski definition) is 3. The highest BCUT2D eigenvalue weighted by Crippen LogP contribution is 2.23. The summed E-state index contributed by atoms with van der Waals surface area (Å²) in [5.74, 6) is -1.67. The van der Waals surface area contributed by atoms with Crippen molar-refractivity contribution in [1.82, 2.24) is 5.32 Å². The third-order valence-corrected chi connectivity index (χ3v) is 3.03. The fourth-order valence-corrected chi connectivity index (χ4v) is 1.92. The Morgan fingerprint density at radius 3 is 2.58 bits per heavy atom. The Hall–Kier alpha value is -1.59. The first-order chi connectivity index (χ1) is 8.97. The van der Waals surface area contributed by atoms with Crippen LogP contribution in [0.15, 0.2) is 24.3 Å². The van der Waals surface area contributed by atoms with Crippen molar-refractivity contribution in [1.29, 1.82) is 0 Å². The second-order valence-corrected chi connectivity index (χ2v) is 4.60. The number of aliphatic carboxylic acids is 1. The molecule has 2 atom stereocenters. The van der Waals surface area contributed by atoms with E-state index in [4.69, 9.17) is 17.3 Å². The molecule has 104 valence electrons. The second kappa shape index (κ2) is 7.11. The molecule has 1 aromatic carbocycles. The van der Waals surface area contributed by atoms with E-state index in [1.165, 1.54) is 0 Å². The van der Waals surface area contributed by atoms with Crippen LogP contribution in [0.25, 0.3) is 0 Å². The largest absolute Gasteiger partial charge is 0.479 e. The Kier molecular flexibility index (Phi) is 5.79. The fourth-order valence-electron chi connectivity index (χ4n) is 1.67. The van der Waals surface area contributed by atoms with Gasteiger partial charge in [-0.05, 0) is 12.5 Å². The van der Waals surface area contributed by atoms with Crippen LogP contribution in [0.2, 0.25) is 5.02 Å². The van der Waals surface area contributed by atoms with Crippen molar-refractivity contribution in [3.05, 3.63) is 34.9 Å². The van der Waals surface area contributed by atoms with Crippen LogP contribution in [-0.4, -0.2) is 23.0 Å². The molecule has 1 aromatic rings. The lowest BCUT2D eigenvalue weighted by atomic mass is 10.1. The second-order valence-electron chi connectivity index (χ2n) is 4.20. The van der Waals surface area contributed by atoms with Gasteiger partial charge in [-0.15, -0.1) is 0 Å². The molecule has 0 fully saturated rings. The number of halogens is 1. The van der Waals surface area contributed by atoms with Gasteiger partial charge < -0.3 is 16.2 Å². The summed E-state index contributed by atoms with van der Waals surface area (Å²) in [5.41, 5.74) is 6.00. The van der Waals surface area contributed by atoms with E-state index >= 15 is 0 Å². The van der Waals surface area contributed by atoms with Crippen molar-refractivity contribution in [2.75, 3.05) is 0 Å². The van der Waals surface area contributed by atoms with E-state index in [-0.39, 0.29) is 0 Å². The molecule has 0 aliphatic carbocycles. The predicted octanol–water partition coefficient (Wildman–Crippen LogP) is 1.71. The Balaban J connectivity index is 2.89. The summed E-state index contributed by atoms with van der Waals surface area (Å²) in [6.07, 6.45) is 1.25. The smallest absolute Gasteiger partial charge is 0.330 e. The molecule has 0 saturated heterocycles. The summed E-state index contributed by atoms with van der Waals surface area (Å²) in [7, 11) is 0. The lowest BCUT2D eigenvalue weighted by molar-refractivity contribution is -0.142. The average Bonchev–Trinajstić information content (AvgIpc) is 2.36. The van der Waals surface area contributed by atoms with Gasteiger partial charge in [0.1, 0.15) is 0 Å². The van der Waals surface area contributed by atoms with Gasteiger partial charge in [-0.3, -0.25) is 4.79 Å². The first-order valence-electron chi connectivity index (χ1n) is 6.00. The van der Waals surface area contributed by atoms with Gasteiger partial charge in [-0.2, -0.15) is 0 Å². The van der Waals surface area contributed by atoms with Crippen molar-refractivity contribution in [3.8, 4) is 0 Å². The maximum absolute atomic E-state index is 11.8. The highest BCUT2D eigenvalue weighted by Gasteiger charge is 2.26. The van der Waals surface area contributed by atoms with Crippen LogP contribution in [0, 0.1) is 0 Å². The topological polar surface area (TPSA) is 92.4 Å². The summed E-state index contributed by atoms with van der Waals surface area (Å²) in [6.45, 7) is 1.90. The molecule has 19 heavy (non-hydrogen) atoms. The molecule has 0 saturated carbocycles. The van der Waals surface area contributed by atoms with Crippen molar-refractivity contribution in [2.45, 2.75) is 31.8 Å². The number of amides is 1. The number of rotatable bonds is 6. The van der Waals surface area contributed by atoms with Gasteiger partial charge >= 0.3 is 5.97 Å². The number of carboxylic acid groups (broad SMARTS) is 1. The fraction of sp³-hybridized carbons (Fsp3) is 0.385. The Morgan fingerprint density at radius 2 is 2.05 bits per heavy atom. The Morgan fingerprint density at radius 1 is 1.42 bits per heavy atom. The summed E-state index contributed by atoms with van der Waals surface area (Å²) in [4.78, 5) is 23.0. The van der Waals surface area contributed by atoms with Gasteiger partial charge in [-0.1, -0.05) is 43.1 Å². The van der Waals surface area contributed by atoms with Crippen LogP contribution in [0.1, 0.15) is 31.4 Å². The van der Waals surface area contributed by atoms with Crippen LogP contribution in [-0.2, 0) is 9.59 Å². The number of carbonyl (C=O) groups excluding carboxylic acids is 1. The zero-order valence-electron chi connectivity index (χ0n) is 10.6. The molecule has 4 N–H and O–H groups in total. The average molecular weight is 285 g/mol. The standard InChI is InChI=1S/C13H17ClN2O3/c1-2-5-10(15)12(17)16-11(13(18)19)8-6-3-4-7-9(8)14/h3-4,6-7,10-11H,2,5,15H2,1H3,(H,16,17)(H,18,19)/t10?,11-/m1/s1. The third-order valence-electron chi connectivity index (χ3n) is 2.69. The quantitative estimate of drug-likeness (QED) is 0.741. The third kappa shape index (κ3) is 4.22. The van der Waals surface area contributed by atoms with Crippen LogP contribution in [0.3, 0.4) is 0 Å². The Labute approximate surface area is 116 Å². The number of carbonyl (C=O) groups is 2. The maximum atomic E-state index is 11.8. The van der Waals surface area contributed by atoms with E-state index in [1.54, 1.807) is 24.3 Å². The van der Waals surface area contributed by atoms with E-state index in [2.05, 4.69) is 5.32 Å². The lowest BCUT2D eigenvalue weighted by Crippen LogP contribution is -2.44. The summed E-state index contributed by atoms with van der Waals surface area (Å²) in [5, 5.41) is 11.9. The maximum Gasteiger partial charge on any atom is 0.330 e. The molecule has 0 spiro atoms. The van der Waals surface area contributed by atoms with Gasteiger partial charge in [0.25, 0.3) is 0 Å². The number of nitrogens with one attached hydrogen (secondary N) is 1. The molecule has 1 unspecified atom stereocenters. The molecule has 0 heterocycles. The predicted molar refractivity (Wildman–Crippen MR) is 72.9 cm³/mol. The van der Waals surface area contributed by atoms with Crippen molar-refractivity contribution >= 4 is 23.5 Å². The zero-order valence-corrected chi connectivity index (χ0v) is 11.4. The van der Waals surface area contributed by atoms with Gasteiger partial charge in [-0.25, -0.2) is 4.79 Å². The Bertz CT molecular complexity index is 465. The number of nitrogens with two attached hydrogens (primary N) is 1. The highest BCUT2D eigenvalue weighted by atomic mass is 35.5. The molecule has 1 amide bonds. The zero-order chi connectivity index (χ0) is 14.4. The van der Waals surface area contributed by atoms with E-state index in [0.29, 0.717) is 17.0 Å². The lowest BCUT2D eigenvalue weighted by Gasteiger charge is -2.18. The molecular weight excluding hydrogens is 268 g/mol. The summed E-state index contributed by atoms with van der Waals surface area (Å²) >= 11 is 5.94. The van der Waals surface area contributed by atoms with Crippen LogP contribution in [0.4, 0.5) is 0 Å². The summed E-state index contributed by atoms with van der Waals surface area (Å²) < 4.78 is 0. The minimum atomic E-state index is -1.19. The minimum absolute atomic E-state index is 0.291. The van der Waals surface area contributed by atoms with E-state index in [9.17, 15) is 14.7 Å². The molecule has 0 radical (unpaired) electrons.